The molecule has 0 spiro atoms. The van der Waals surface area contributed by atoms with Gasteiger partial charge in [-0.2, -0.15) is 0 Å². The lowest BCUT2D eigenvalue weighted by Crippen LogP contribution is -2.15. The normalized spacial score (nSPS) is 11.6. The molecule has 1 nitrogen and oxygen atoms in total. The molecule has 0 N–H and O–H groups in total. The van der Waals surface area contributed by atoms with E-state index >= 15 is 0 Å². The maximum absolute atomic E-state index is 2.49. The molecule has 5 aromatic carbocycles. The lowest BCUT2D eigenvalue weighted by molar-refractivity contribution is 0.963. The van der Waals surface area contributed by atoms with Crippen molar-refractivity contribution in [3.63, 3.8) is 0 Å². The van der Waals surface area contributed by atoms with Crippen LogP contribution >= 0.6 is 0 Å². The van der Waals surface area contributed by atoms with Crippen LogP contribution in [0.1, 0.15) is 61.1 Å². The Morgan fingerprint density at radius 3 is 1.54 bits per heavy atom. The van der Waals surface area contributed by atoms with E-state index in [-0.39, 0.29) is 0 Å². The maximum Gasteiger partial charge on any atom is 0.0500 e. The van der Waals surface area contributed by atoms with Gasteiger partial charge < -0.3 is 4.90 Å². The lowest BCUT2D eigenvalue weighted by atomic mass is 9.85. The maximum atomic E-state index is 2.49. The van der Waals surface area contributed by atoms with Crippen molar-refractivity contribution in [1.29, 1.82) is 0 Å². The third-order valence-electron chi connectivity index (χ3n) is 7.01. The van der Waals surface area contributed by atoms with Crippen LogP contribution in [-0.4, -0.2) is 0 Å². The minimum absolute atomic E-state index is 1.06. The summed E-state index contributed by atoms with van der Waals surface area (Å²) in [4.78, 5) is 2.49. The second-order valence-corrected chi connectivity index (χ2v) is 9.77. The van der Waals surface area contributed by atoms with Gasteiger partial charge in [0.15, 0.2) is 0 Å². The number of hydrogen-bond donors (Lipinski definition) is 0. The number of anilines is 3. The molecule has 0 heterocycles. The molecule has 0 saturated carbocycles. The highest BCUT2D eigenvalue weighted by atomic mass is 15.1. The molecule has 1 aliphatic rings. The minimum atomic E-state index is 1.06. The second-order valence-electron chi connectivity index (χ2n) is 9.77. The Balaban J connectivity index is 0.000000765. The quantitative estimate of drug-likeness (QED) is 0.229. The predicted octanol–water partition coefficient (Wildman–Crippen LogP) is 10.8. The molecule has 0 aromatic heterocycles. The fraction of sp³-hybridized carbons (Fsp3) is 0.278. The second kappa shape index (κ2) is 11.2. The van der Waals surface area contributed by atoms with Gasteiger partial charge >= 0.3 is 0 Å². The van der Waals surface area contributed by atoms with E-state index in [1.165, 1.54) is 72.0 Å². The van der Waals surface area contributed by atoms with Gasteiger partial charge in [-0.3, -0.25) is 0 Å². The number of nitrogens with zero attached hydrogens (tertiary/aromatic N) is 1. The third kappa shape index (κ3) is 5.01. The Bertz CT molecular complexity index is 1470. The van der Waals surface area contributed by atoms with Crippen molar-refractivity contribution in [2.75, 3.05) is 4.90 Å². The lowest BCUT2D eigenvalue weighted by Gasteiger charge is -2.31. The van der Waals surface area contributed by atoms with Gasteiger partial charge in [0.05, 0.1) is 0 Å². The first-order valence-electron chi connectivity index (χ1n) is 13.9. The smallest absolute Gasteiger partial charge is 0.0500 e. The Hall–Kier alpha value is -3.58. The molecule has 0 unspecified atom stereocenters. The van der Waals surface area contributed by atoms with Crippen molar-refractivity contribution in [2.45, 2.75) is 68.2 Å². The van der Waals surface area contributed by atoms with Crippen LogP contribution in [0.4, 0.5) is 17.1 Å². The highest BCUT2D eigenvalue weighted by molar-refractivity contribution is 6.13. The van der Waals surface area contributed by atoms with Gasteiger partial charge in [-0.05, 0) is 126 Å². The van der Waals surface area contributed by atoms with Gasteiger partial charge in [0.2, 0.25) is 0 Å². The SMILES string of the molecule is CC.CC.Cc1cc(C)cc(N(c2cc(C)cc(C)c2)c2ccc3ccc4cccc5c4c3c2CC5)c1. The number of aryl methyl sites for hydroxylation is 6. The molecule has 1 aliphatic carbocycles. The molecule has 0 amide bonds. The molecule has 190 valence electrons. The van der Waals surface area contributed by atoms with Crippen molar-refractivity contribution in [3.05, 3.63) is 112 Å². The first-order chi connectivity index (χ1) is 18.0. The number of hydrogen-bond acceptors (Lipinski definition) is 1. The summed E-state index contributed by atoms with van der Waals surface area (Å²) in [5, 5.41) is 5.57. The van der Waals surface area contributed by atoms with Crippen molar-refractivity contribution in [2.24, 2.45) is 0 Å². The van der Waals surface area contributed by atoms with E-state index in [1.807, 2.05) is 27.7 Å². The van der Waals surface area contributed by atoms with E-state index in [1.54, 1.807) is 0 Å². The first kappa shape index (κ1) is 26.5. The van der Waals surface area contributed by atoms with E-state index < -0.39 is 0 Å². The molecule has 0 fully saturated rings. The molecule has 37 heavy (non-hydrogen) atoms. The van der Waals surface area contributed by atoms with Crippen LogP contribution in [0.5, 0.6) is 0 Å². The molecule has 0 radical (unpaired) electrons. The molecule has 0 saturated heterocycles. The van der Waals surface area contributed by atoms with Crippen LogP contribution in [0.25, 0.3) is 21.5 Å². The van der Waals surface area contributed by atoms with Crippen molar-refractivity contribution in [3.8, 4) is 0 Å². The summed E-state index contributed by atoms with van der Waals surface area (Å²) >= 11 is 0. The zero-order chi connectivity index (χ0) is 26.7. The van der Waals surface area contributed by atoms with E-state index in [0.717, 1.165) is 12.8 Å². The van der Waals surface area contributed by atoms with Gasteiger partial charge in [0.25, 0.3) is 0 Å². The summed E-state index contributed by atoms with van der Waals surface area (Å²) in [7, 11) is 0. The fourth-order valence-electron chi connectivity index (χ4n) is 5.85. The fourth-order valence-corrected chi connectivity index (χ4v) is 5.85. The Morgan fingerprint density at radius 1 is 0.514 bits per heavy atom. The number of rotatable bonds is 3. The monoisotopic (exact) mass is 487 g/mol. The first-order valence-corrected chi connectivity index (χ1v) is 13.9. The van der Waals surface area contributed by atoms with Crippen molar-refractivity contribution < 1.29 is 0 Å². The predicted molar refractivity (Wildman–Crippen MR) is 165 cm³/mol. The van der Waals surface area contributed by atoms with Gasteiger partial charge in [-0.25, -0.2) is 0 Å². The summed E-state index contributed by atoms with van der Waals surface area (Å²) in [5.74, 6) is 0. The van der Waals surface area contributed by atoms with E-state index in [9.17, 15) is 0 Å². The van der Waals surface area contributed by atoms with E-state index in [2.05, 4.69) is 111 Å². The Labute approximate surface area is 223 Å². The van der Waals surface area contributed by atoms with Crippen LogP contribution in [0.2, 0.25) is 0 Å². The van der Waals surface area contributed by atoms with Gasteiger partial charge in [0.1, 0.15) is 0 Å². The summed E-state index contributed by atoms with van der Waals surface area (Å²) in [6.07, 6.45) is 2.16. The topological polar surface area (TPSA) is 3.24 Å². The minimum Gasteiger partial charge on any atom is -0.310 e. The van der Waals surface area contributed by atoms with Crippen molar-refractivity contribution in [1.82, 2.24) is 0 Å². The van der Waals surface area contributed by atoms with Crippen LogP contribution < -0.4 is 4.90 Å². The summed E-state index contributed by atoms with van der Waals surface area (Å²) < 4.78 is 0. The molecule has 0 bridgehead atoms. The van der Waals surface area contributed by atoms with Crippen molar-refractivity contribution >= 4 is 38.6 Å². The molecule has 6 rings (SSSR count). The van der Waals surface area contributed by atoms with E-state index in [0.29, 0.717) is 0 Å². The van der Waals surface area contributed by atoms with Gasteiger partial charge in [0, 0.05) is 17.1 Å². The molecular weight excluding hydrogens is 446 g/mol. The zero-order valence-electron chi connectivity index (χ0n) is 23.9. The largest absolute Gasteiger partial charge is 0.310 e. The van der Waals surface area contributed by atoms with E-state index in [4.69, 9.17) is 0 Å². The molecular formula is C36H41N. The Morgan fingerprint density at radius 2 is 1.00 bits per heavy atom. The Kier molecular flexibility index (Phi) is 8.03. The highest BCUT2D eigenvalue weighted by Crippen LogP contribution is 2.45. The van der Waals surface area contributed by atoms with Crippen LogP contribution in [0.15, 0.2) is 78.9 Å². The standard InChI is InChI=1S/C32H29N.2C2H6/c1-20-14-21(2)17-27(16-20)33(28-18-22(3)15-23(4)19-28)30-13-11-26-9-8-24-6-5-7-25-10-12-29(30)32(26)31(24)25;2*1-2/h5-9,11,13-19H,10,12H2,1-4H3;2*1-2H3. The van der Waals surface area contributed by atoms with Crippen LogP contribution in [0.3, 0.4) is 0 Å². The number of benzene rings is 5. The summed E-state index contributed by atoms with van der Waals surface area (Å²) in [6, 6.07) is 29.8. The highest BCUT2D eigenvalue weighted by Gasteiger charge is 2.23. The van der Waals surface area contributed by atoms with Crippen LogP contribution in [0, 0.1) is 27.7 Å². The third-order valence-corrected chi connectivity index (χ3v) is 7.01. The zero-order valence-corrected chi connectivity index (χ0v) is 23.9. The van der Waals surface area contributed by atoms with Gasteiger partial charge in [-0.1, -0.05) is 76.2 Å². The summed E-state index contributed by atoms with van der Waals surface area (Å²) in [6.45, 7) is 16.8. The molecule has 0 atom stereocenters. The average Bonchev–Trinajstić information content (AvgIpc) is 2.89. The van der Waals surface area contributed by atoms with Crippen LogP contribution in [-0.2, 0) is 12.8 Å². The molecule has 0 aliphatic heterocycles. The average molecular weight is 488 g/mol. The molecule has 1 heteroatoms. The van der Waals surface area contributed by atoms with Gasteiger partial charge in [-0.15, -0.1) is 0 Å². The molecule has 5 aromatic rings. The summed E-state index contributed by atoms with van der Waals surface area (Å²) in [5.41, 5.74) is 11.9.